The highest BCUT2D eigenvalue weighted by molar-refractivity contribution is 7.15. The zero-order valence-corrected chi connectivity index (χ0v) is 13.1. The minimum absolute atomic E-state index is 0.00299. The predicted molar refractivity (Wildman–Crippen MR) is 79.5 cm³/mol. The van der Waals surface area contributed by atoms with E-state index in [0.29, 0.717) is 0 Å². The molecule has 1 N–H and O–H groups in total. The zero-order chi connectivity index (χ0) is 13.8. The molecule has 0 unspecified atom stereocenters. The number of nitrogens with zero attached hydrogens (tertiary/aromatic N) is 2. The van der Waals surface area contributed by atoms with Gasteiger partial charge >= 0.3 is 0 Å². The molecular weight excluding hydrogens is 244 g/mol. The topological polar surface area (TPSA) is 36.4 Å². The molecule has 18 heavy (non-hydrogen) atoms. The number of hydrogen-bond donors (Lipinski definition) is 1. The van der Waals surface area contributed by atoms with Gasteiger partial charge in [0.1, 0.15) is 0 Å². The molecule has 3 nitrogen and oxygen atoms in total. The van der Waals surface area contributed by atoms with Gasteiger partial charge in [-0.05, 0) is 13.3 Å². The fourth-order valence-corrected chi connectivity index (χ4v) is 3.13. The van der Waals surface area contributed by atoms with E-state index in [2.05, 4.69) is 39.5 Å². The number of aliphatic hydroxyl groups excluding tert-OH is 1. The molecule has 0 saturated heterocycles. The molecule has 0 atom stereocenters. The minimum atomic E-state index is -0.00299. The lowest BCUT2D eigenvalue weighted by atomic mass is 9.91. The summed E-state index contributed by atoms with van der Waals surface area (Å²) in [4.78, 5) is 8.08. The van der Waals surface area contributed by atoms with E-state index in [4.69, 9.17) is 4.98 Å². The third-order valence-electron chi connectivity index (χ3n) is 2.97. The summed E-state index contributed by atoms with van der Waals surface area (Å²) < 4.78 is 0. The monoisotopic (exact) mass is 270 g/mol. The molecule has 1 aromatic heterocycles. The molecule has 0 fully saturated rings. The lowest BCUT2D eigenvalue weighted by Gasteiger charge is -2.20. The molecular formula is C14H26N2OS. The highest BCUT2D eigenvalue weighted by Crippen LogP contribution is 2.33. The fourth-order valence-electron chi connectivity index (χ4n) is 1.91. The zero-order valence-electron chi connectivity index (χ0n) is 12.3. The van der Waals surface area contributed by atoms with E-state index in [1.165, 1.54) is 12.8 Å². The Labute approximate surface area is 115 Å². The molecule has 1 rings (SSSR count). The van der Waals surface area contributed by atoms with Crippen molar-refractivity contribution in [3.05, 3.63) is 10.6 Å². The summed E-state index contributed by atoms with van der Waals surface area (Å²) in [5, 5.41) is 10.5. The number of aliphatic hydroxyl groups is 1. The number of unbranched alkanes of at least 4 members (excludes halogenated alkanes) is 1. The number of hydrogen-bond acceptors (Lipinski definition) is 4. The molecule has 0 amide bonds. The molecule has 0 saturated carbocycles. The first-order valence-corrected chi connectivity index (χ1v) is 7.61. The van der Waals surface area contributed by atoms with Crippen LogP contribution in [0.15, 0.2) is 0 Å². The Morgan fingerprint density at radius 3 is 2.33 bits per heavy atom. The van der Waals surface area contributed by atoms with Crippen LogP contribution in [0.25, 0.3) is 0 Å². The maximum absolute atomic E-state index is 9.48. The van der Waals surface area contributed by atoms with Crippen LogP contribution in [-0.2, 0) is 12.0 Å². The van der Waals surface area contributed by atoms with Gasteiger partial charge in [-0.1, -0.05) is 45.5 Å². The summed E-state index contributed by atoms with van der Waals surface area (Å²) >= 11 is 1.63. The summed E-state index contributed by atoms with van der Waals surface area (Å²) in [6.45, 7) is 12.9. The first kappa shape index (κ1) is 15.4. The van der Waals surface area contributed by atoms with Gasteiger partial charge in [0, 0.05) is 18.5 Å². The third kappa shape index (κ3) is 3.69. The van der Waals surface area contributed by atoms with E-state index in [0.717, 1.165) is 28.8 Å². The third-order valence-corrected chi connectivity index (χ3v) is 4.07. The highest BCUT2D eigenvalue weighted by atomic mass is 32.1. The van der Waals surface area contributed by atoms with Gasteiger partial charge in [0.2, 0.25) is 0 Å². The Bertz CT molecular complexity index is 368. The van der Waals surface area contributed by atoms with Gasteiger partial charge in [0.05, 0.1) is 17.2 Å². The first-order chi connectivity index (χ1) is 8.43. The Balaban J connectivity index is 2.99. The summed E-state index contributed by atoms with van der Waals surface area (Å²) in [6.07, 6.45) is 2.38. The molecule has 0 aliphatic rings. The molecule has 0 aliphatic carbocycles. The average molecular weight is 270 g/mol. The van der Waals surface area contributed by atoms with Crippen LogP contribution in [0.5, 0.6) is 0 Å². The van der Waals surface area contributed by atoms with Crippen molar-refractivity contribution in [3.8, 4) is 0 Å². The predicted octanol–water partition coefficient (Wildman–Crippen LogP) is 3.56. The van der Waals surface area contributed by atoms with Crippen molar-refractivity contribution in [1.82, 2.24) is 4.98 Å². The largest absolute Gasteiger partial charge is 0.391 e. The maximum Gasteiger partial charge on any atom is 0.185 e. The Morgan fingerprint density at radius 1 is 1.28 bits per heavy atom. The normalized spacial score (nSPS) is 11.9. The van der Waals surface area contributed by atoms with Crippen LogP contribution in [0.2, 0.25) is 0 Å². The van der Waals surface area contributed by atoms with Crippen molar-refractivity contribution < 1.29 is 5.11 Å². The molecule has 0 spiro atoms. The number of aromatic nitrogens is 1. The molecule has 4 heteroatoms. The Morgan fingerprint density at radius 2 is 1.94 bits per heavy atom. The van der Waals surface area contributed by atoms with Crippen LogP contribution in [0.3, 0.4) is 0 Å². The molecule has 0 radical (unpaired) electrons. The Hall–Kier alpha value is -0.610. The summed E-state index contributed by atoms with van der Waals surface area (Å²) in [5.74, 6) is 0. The second kappa shape index (κ2) is 6.53. The molecule has 1 heterocycles. The maximum atomic E-state index is 9.48. The molecule has 0 aliphatic heterocycles. The fraction of sp³-hybridized carbons (Fsp3) is 0.786. The summed E-state index contributed by atoms with van der Waals surface area (Å²) in [5.41, 5.74) is 1.04. The van der Waals surface area contributed by atoms with Gasteiger partial charge in [-0.25, -0.2) is 4.98 Å². The SMILES string of the molecule is CCCCN(CC)c1nc(C(C)(C)C)c(CO)s1. The summed E-state index contributed by atoms with van der Waals surface area (Å²) in [7, 11) is 0. The van der Waals surface area contributed by atoms with E-state index >= 15 is 0 Å². The van der Waals surface area contributed by atoms with Gasteiger partial charge in [0.15, 0.2) is 5.13 Å². The van der Waals surface area contributed by atoms with Crippen LogP contribution in [-0.4, -0.2) is 23.2 Å². The van der Waals surface area contributed by atoms with Gasteiger partial charge in [-0.2, -0.15) is 0 Å². The van der Waals surface area contributed by atoms with Crippen molar-refractivity contribution >= 4 is 16.5 Å². The molecule has 1 aromatic rings. The van der Waals surface area contributed by atoms with E-state index < -0.39 is 0 Å². The van der Waals surface area contributed by atoms with Crippen molar-refractivity contribution in [2.45, 2.75) is 59.5 Å². The Kier molecular flexibility index (Phi) is 5.60. The second-order valence-corrected chi connectivity index (χ2v) is 6.67. The van der Waals surface area contributed by atoms with E-state index in [1.807, 2.05) is 0 Å². The molecule has 0 aromatic carbocycles. The standard InChI is InChI=1S/C14H26N2OS/c1-6-8-9-16(7-2)13-15-12(14(3,4)5)11(10-17)18-13/h17H,6-10H2,1-5H3. The van der Waals surface area contributed by atoms with Crippen LogP contribution < -0.4 is 4.90 Å². The summed E-state index contributed by atoms with van der Waals surface area (Å²) in [6, 6.07) is 0. The van der Waals surface area contributed by atoms with E-state index in [-0.39, 0.29) is 12.0 Å². The van der Waals surface area contributed by atoms with Crippen LogP contribution in [0.4, 0.5) is 5.13 Å². The highest BCUT2D eigenvalue weighted by Gasteiger charge is 2.24. The molecule has 0 bridgehead atoms. The lowest BCUT2D eigenvalue weighted by molar-refractivity contribution is 0.282. The smallest absolute Gasteiger partial charge is 0.185 e. The number of thiazole rings is 1. The minimum Gasteiger partial charge on any atom is -0.391 e. The van der Waals surface area contributed by atoms with E-state index in [9.17, 15) is 5.11 Å². The van der Waals surface area contributed by atoms with Crippen molar-refractivity contribution in [2.24, 2.45) is 0 Å². The van der Waals surface area contributed by atoms with Gasteiger partial charge in [-0.3, -0.25) is 0 Å². The van der Waals surface area contributed by atoms with Gasteiger partial charge < -0.3 is 10.0 Å². The number of rotatable bonds is 6. The van der Waals surface area contributed by atoms with Crippen molar-refractivity contribution in [2.75, 3.05) is 18.0 Å². The first-order valence-electron chi connectivity index (χ1n) is 6.80. The van der Waals surface area contributed by atoms with Crippen molar-refractivity contribution in [3.63, 3.8) is 0 Å². The molecule has 104 valence electrons. The second-order valence-electron chi connectivity index (χ2n) is 5.61. The van der Waals surface area contributed by atoms with Crippen LogP contribution in [0.1, 0.15) is 58.0 Å². The quantitative estimate of drug-likeness (QED) is 0.858. The lowest BCUT2D eigenvalue weighted by Crippen LogP contribution is -2.24. The van der Waals surface area contributed by atoms with Gasteiger partial charge in [-0.15, -0.1) is 0 Å². The van der Waals surface area contributed by atoms with E-state index in [1.54, 1.807) is 11.3 Å². The number of anilines is 1. The van der Waals surface area contributed by atoms with Crippen LogP contribution >= 0.6 is 11.3 Å². The van der Waals surface area contributed by atoms with Gasteiger partial charge in [0.25, 0.3) is 0 Å². The average Bonchev–Trinajstić information content (AvgIpc) is 2.74. The van der Waals surface area contributed by atoms with Crippen molar-refractivity contribution in [1.29, 1.82) is 0 Å². The van der Waals surface area contributed by atoms with Crippen LogP contribution in [0, 0.1) is 0 Å².